The third-order valence-corrected chi connectivity index (χ3v) is 6.61. The number of carbonyl (C=O) groups is 1. The van der Waals surface area contributed by atoms with Crippen molar-refractivity contribution in [1.82, 2.24) is 15.0 Å². The Morgan fingerprint density at radius 3 is 2.58 bits per heavy atom. The third-order valence-electron chi connectivity index (χ3n) is 6.11. The Kier molecular flexibility index (Phi) is 5.50. The lowest BCUT2D eigenvalue weighted by atomic mass is 9.97. The molecule has 0 saturated carbocycles. The Bertz CT molecular complexity index is 1130. The van der Waals surface area contributed by atoms with E-state index in [1.165, 1.54) is 16.7 Å². The molecule has 160 valence electrons. The number of carboxylic acids is 1. The van der Waals surface area contributed by atoms with Crippen LogP contribution in [0.2, 0.25) is 0 Å². The van der Waals surface area contributed by atoms with Crippen molar-refractivity contribution in [3.8, 4) is 0 Å². The molecule has 2 aliphatic rings. The van der Waals surface area contributed by atoms with E-state index in [9.17, 15) is 9.90 Å². The summed E-state index contributed by atoms with van der Waals surface area (Å²) in [7, 11) is 0. The highest BCUT2D eigenvalue weighted by Crippen LogP contribution is 2.24. The number of nitrogens with zero attached hydrogens (tertiary/aromatic N) is 4. The van der Waals surface area contributed by atoms with E-state index in [1.807, 2.05) is 6.07 Å². The fourth-order valence-electron chi connectivity index (χ4n) is 4.41. The molecule has 31 heavy (non-hydrogen) atoms. The number of hydrogen-bond donors (Lipinski definition) is 1. The molecular formula is C23H23BrN4O3. The van der Waals surface area contributed by atoms with Gasteiger partial charge in [-0.25, -0.2) is 4.79 Å². The number of aromatic nitrogens is 2. The van der Waals surface area contributed by atoms with Gasteiger partial charge in [-0.1, -0.05) is 28.1 Å². The zero-order chi connectivity index (χ0) is 21.4. The molecule has 0 unspecified atom stereocenters. The van der Waals surface area contributed by atoms with Crippen LogP contribution >= 0.6 is 15.9 Å². The second kappa shape index (κ2) is 8.43. The van der Waals surface area contributed by atoms with E-state index in [0.29, 0.717) is 30.5 Å². The normalized spacial score (nSPS) is 16.5. The van der Waals surface area contributed by atoms with Gasteiger partial charge in [-0.15, -0.1) is 0 Å². The van der Waals surface area contributed by atoms with Crippen LogP contribution < -0.4 is 4.90 Å². The first-order valence-corrected chi connectivity index (χ1v) is 11.3. The summed E-state index contributed by atoms with van der Waals surface area (Å²) in [5, 5.41) is 13.5. The Morgan fingerprint density at radius 1 is 1.00 bits per heavy atom. The number of anilines is 1. The molecule has 0 spiro atoms. The monoisotopic (exact) mass is 482 g/mol. The molecule has 3 aromatic rings. The van der Waals surface area contributed by atoms with Crippen molar-refractivity contribution in [3.05, 3.63) is 74.6 Å². The van der Waals surface area contributed by atoms with Crippen LogP contribution in [0.15, 0.2) is 45.4 Å². The highest BCUT2D eigenvalue weighted by atomic mass is 79.9. The molecule has 0 atom stereocenters. The predicted octanol–water partition coefficient (Wildman–Crippen LogP) is 3.69. The molecule has 1 N–H and O–H groups in total. The molecular weight excluding hydrogens is 460 g/mol. The Morgan fingerprint density at radius 2 is 1.74 bits per heavy atom. The zero-order valence-corrected chi connectivity index (χ0v) is 18.6. The van der Waals surface area contributed by atoms with E-state index < -0.39 is 5.97 Å². The molecule has 5 rings (SSSR count). The summed E-state index contributed by atoms with van der Waals surface area (Å²) in [4.78, 5) is 20.3. The maximum absolute atomic E-state index is 11.3. The van der Waals surface area contributed by atoms with Crippen LogP contribution in [0.5, 0.6) is 0 Å². The highest BCUT2D eigenvalue weighted by molar-refractivity contribution is 9.10. The van der Waals surface area contributed by atoms with Crippen LogP contribution in [0.3, 0.4) is 0 Å². The van der Waals surface area contributed by atoms with E-state index in [0.717, 1.165) is 48.9 Å². The largest absolute Gasteiger partial charge is 0.478 e. The van der Waals surface area contributed by atoms with Gasteiger partial charge in [0.1, 0.15) is 0 Å². The second-order valence-electron chi connectivity index (χ2n) is 8.14. The van der Waals surface area contributed by atoms with Crippen LogP contribution in [0, 0.1) is 0 Å². The van der Waals surface area contributed by atoms with Crippen molar-refractivity contribution in [2.45, 2.75) is 32.4 Å². The van der Waals surface area contributed by atoms with E-state index in [2.05, 4.69) is 54.1 Å². The standard InChI is InChI=1S/C23H23BrN4O3/c24-20-4-3-15-6-9-28(10-7-17(15)12-20)23-25-21(31-26-23)14-27-8-5-16-1-2-18(22(29)30)11-19(16)13-27/h1-4,11-12H,5-10,13-14H2,(H,29,30). The number of rotatable bonds is 4. The van der Waals surface area contributed by atoms with Crippen molar-refractivity contribution in [2.24, 2.45) is 0 Å². The molecule has 7 nitrogen and oxygen atoms in total. The lowest BCUT2D eigenvalue weighted by molar-refractivity contribution is 0.0696. The number of fused-ring (bicyclic) bond motifs is 2. The first-order chi connectivity index (χ1) is 15.0. The summed E-state index contributed by atoms with van der Waals surface area (Å²) in [6, 6.07) is 11.9. The SMILES string of the molecule is O=C(O)c1ccc2c(c1)CN(Cc1nc(N3CCc4ccc(Br)cc4CC3)no1)CC2. The molecule has 0 bridgehead atoms. The van der Waals surface area contributed by atoms with Gasteiger partial charge in [0.2, 0.25) is 5.89 Å². The fourth-order valence-corrected chi connectivity index (χ4v) is 4.82. The van der Waals surface area contributed by atoms with Crippen LogP contribution in [-0.4, -0.2) is 45.8 Å². The molecule has 2 aliphatic heterocycles. The van der Waals surface area contributed by atoms with Crippen LogP contribution in [0.4, 0.5) is 5.95 Å². The zero-order valence-electron chi connectivity index (χ0n) is 17.1. The van der Waals surface area contributed by atoms with E-state index in [4.69, 9.17) is 4.52 Å². The summed E-state index contributed by atoms with van der Waals surface area (Å²) in [6.45, 7) is 3.85. The summed E-state index contributed by atoms with van der Waals surface area (Å²) in [5.41, 5.74) is 5.34. The van der Waals surface area contributed by atoms with Crippen molar-refractivity contribution in [3.63, 3.8) is 0 Å². The van der Waals surface area contributed by atoms with Crippen LogP contribution in [0.25, 0.3) is 0 Å². The second-order valence-corrected chi connectivity index (χ2v) is 9.05. The average molecular weight is 483 g/mol. The summed E-state index contributed by atoms with van der Waals surface area (Å²) in [5.74, 6) is 0.346. The van der Waals surface area contributed by atoms with Gasteiger partial charge in [0.15, 0.2) is 0 Å². The molecule has 0 radical (unpaired) electrons. The predicted molar refractivity (Wildman–Crippen MR) is 119 cm³/mol. The molecule has 0 amide bonds. The lowest BCUT2D eigenvalue weighted by Gasteiger charge is -2.27. The van der Waals surface area contributed by atoms with Gasteiger partial charge in [0, 0.05) is 30.7 Å². The molecule has 2 aromatic carbocycles. The Hall–Kier alpha value is -2.71. The minimum Gasteiger partial charge on any atom is -0.478 e. The van der Waals surface area contributed by atoms with Gasteiger partial charge in [-0.05, 0) is 70.9 Å². The van der Waals surface area contributed by atoms with Gasteiger partial charge >= 0.3 is 5.97 Å². The first-order valence-electron chi connectivity index (χ1n) is 10.5. The van der Waals surface area contributed by atoms with Crippen molar-refractivity contribution < 1.29 is 14.4 Å². The molecule has 0 aliphatic carbocycles. The molecule has 0 saturated heterocycles. The summed E-state index contributed by atoms with van der Waals surface area (Å²) in [6.07, 6.45) is 2.80. The average Bonchev–Trinajstić information content (AvgIpc) is 3.12. The summed E-state index contributed by atoms with van der Waals surface area (Å²) < 4.78 is 6.67. The summed E-state index contributed by atoms with van der Waals surface area (Å²) >= 11 is 3.56. The number of halogens is 1. The number of hydrogen-bond acceptors (Lipinski definition) is 6. The smallest absolute Gasteiger partial charge is 0.335 e. The van der Waals surface area contributed by atoms with Crippen molar-refractivity contribution >= 4 is 27.8 Å². The van der Waals surface area contributed by atoms with Gasteiger partial charge in [0.05, 0.1) is 12.1 Å². The first kappa shape index (κ1) is 20.2. The van der Waals surface area contributed by atoms with Crippen LogP contribution in [0.1, 0.15) is 38.5 Å². The topological polar surface area (TPSA) is 82.7 Å². The van der Waals surface area contributed by atoms with E-state index in [-0.39, 0.29) is 0 Å². The number of carboxylic acid groups (broad SMARTS) is 1. The number of aromatic carboxylic acids is 1. The van der Waals surface area contributed by atoms with Gasteiger partial charge in [-0.3, -0.25) is 4.90 Å². The molecule has 0 fully saturated rings. The maximum atomic E-state index is 11.3. The van der Waals surface area contributed by atoms with Gasteiger partial charge in [0.25, 0.3) is 5.95 Å². The minimum absolute atomic E-state index is 0.329. The minimum atomic E-state index is -0.895. The highest BCUT2D eigenvalue weighted by Gasteiger charge is 2.22. The molecule has 8 heteroatoms. The van der Waals surface area contributed by atoms with Gasteiger partial charge in [-0.2, -0.15) is 4.98 Å². The fraction of sp³-hybridized carbons (Fsp3) is 0.348. The molecule has 3 heterocycles. The maximum Gasteiger partial charge on any atom is 0.335 e. The van der Waals surface area contributed by atoms with Crippen molar-refractivity contribution in [1.29, 1.82) is 0 Å². The Balaban J connectivity index is 1.24. The Labute approximate surface area is 188 Å². The quantitative estimate of drug-likeness (QED) is 0.606. The van der Waals surface area contributed by atoms with Crippen molar-refractivity contribution in [2.75, 3.05) is 24.5 Å². The van der Waals surface area contributed by atoms with E-state index in [1.54, 1.807) is 12.1 Å². The molecule has 1 aromatic heterocycles. The van der Waals surface area contributed by atoms with Crippen LogP contribution in [-0.2, 0) is 32.4 Å². The third kappa shape index (κ3) is 4.36. The van der Waals surface area contributed by atoms with Gasteiger partial charge < -0.3 is 14.5 Å². The lowest BCUT2D eigenvalue weighted by Crippen LogP contribution is -2.30. The van der Waals surface area contributed by atoms with E-state index >= 15 is 0 Å². The number of benzene rings is 2.